The summed E-state index contributed by atoms with van der Waals surface area (Å²) < 4.78 is 0. The maximum atomic E-state index is 7.57. The van der Waals surface area contributed by atoms with E-state index in [0.29, 0.717) is 0 Å². The summed E-state index contributed by atoms with van der Waals surface area (Å²) in [5.41, 5.74) is 3.16. The highest BCUT2D eigenvalue weighted by Gasteiger charge is 2.05. The summed E-state index contributed by atoms with van der Waals surface area (Å²) in [4.78, 5) is 0. The number of aliphatic hydroxyl groups is 2. The van der Waals surface area contributed by atoms with Crippen molar-refractivity contribution >= 4 is 0 Å². The van der Waals surface area contributed by atoms with Crippen LogP contribution < -0.4 is 0 Å². The topological polar surface area (TPSA) is 40.5 Å². The second kappa shape index (κ2) is 23.2. The van der Waals surface area contributed by atoms with Crippen LogP contribution in [-0.4, -0.2) is 23.4 Å². The van der Waals surface area contributed by atoms with Gasteiger partial charge in [-0.3, -0.25) is 0 Å². The fourth-order valence-corrected chi connectivity index (χ4v) is 1.68. The number of rotatable bonds is 0. The maximum absolute atomic E-state index is 7.57. The molecule has 0 aromatic heterocycles. The zero-order valence-electron chi connectivity index (χ0n) is 14.4. The van der Waals surface area contributed by atoms with E-state index in [9.17, 15) is 0 Å². The average Bonchev–Trinajstić information content (AvgIpc) is 2.53. The van der Waals surface area contributed by atoms with Gasteiger partial charge in [0.15, 0.2) is 0 Å². The van der Waals surface area contributed by atoms with Crippen LogP contribution in [0.3, 0.4) is 0 Å². The van der Waals surface area contributed by atoms with Crippen LogP contribution in [0, 0.1) is 0 Å². The van der Waals surface area contributed by atoms with Crippen LogP contribution in [0.25, 0.3) is 0 Å². The van der Waals surface area contributed by atoms with Gasteiger partial charge in [-0.05, 0) is 50.7 Å². The average molecular weight is 284 g/mol. The second-order valence-electron chi connectivity index (χ2n) is 3.61. The second-order valence-corrected chi connectivity index (χ2v) is 3.61. The van der Waals surface area contributed by atoms with E-state index >= 15 is 0 Å². The van der Waals surface area contributed by atoms with Gasteiger partial charge in [-0.1, -0.05) is 52.0 Å². The van der Waals surface area contributed by atoms with E-state index in [1.54, 1.807) is 25.0 Å². The predicted octanol–water partition coefficient (Wildman–Crippen LogP) is 4.62. The Bertz CT molecular complexity index is 232. The monoisotopic (exact) mass is 284 g/mol. The largest absolute Gasteiger partial charge is 0.397 e. The van der Waals surface area contributed by atoms with Gasteiger partial charge in [-0.25, -0.2) is 0 Å². The van der Waals surface area contributed by atoms with Gasteiger partial charge in [0.1, 0.15) is 0 Å². The Morgan fingerprint density at radius 2 is 1.00 bits per heavy atom. The van der Waals surface area contributed by atoms with Gasteiger partial charge in [0, 0.05) is 13.2 Å². The molecule has 0 saturated heterocycles. The molecule has 2 N–H and O–H groups in total. The molecule has 0 atom stereocenters. The highest BCUT2D eigenvalue weighted by molar-refractivity contribution is 5.28. The molecule has 0 radical (unpaired) electrons. The number of benzene rings is 1. The van der Waals surface area contributed by atoms with Crippen LogP contribution in [0.15, 0.2) is 24.3 Å². The lowest BCUT2D eigenvalue weighted by molar-refractivity contribution is 0.318. The van der Waals surface area contributed by atoms with Crippen LogP contribution in [0.1, 0.15) is 65.5 Å². The lowest BCUT2D eigenvalue weighted by Gasteiger charge is -2.13. The highest BCUT2D eigenvalue weighted by atomic mass is 16.3. The van der Waals surface area contributed by atoms with Crippen molar-refractivity contribution in [3.05, 3.63) is 35.4 Å². The molecule has 0 fully saturated rings. The molecule has 0 heterocycles. The Labute approximate surface area is 126 Å². The van der Waals surface area contributed by atoms with Crippen molar-refractivity contribution in [1.29, 1.82) is 0 Å². The van der Waals surface area contributed by atoms with Crippen molar-refractivity contribution in [2.24, 2.45) is 0 Å². The third kappa shape index (κ3) is 15.2. The van der Waals surface area contributed by atoms with E-state index in [-0.39, 0.29) is 13.2 Å². The highest BCUT2D eigenvalue weighted by Crippen LogP contribution is 2.19. The van der Waals surface area contributed by atoms with Crippen LogP contribution in [-0.2, 0) is 12.8 Å². The molecular formula is C18H36O2. The summed E-state index contributed by atoms with van der Waals surface area (Å²) in [7, 11) is 0. The van der Waals surface area contributed by atoms with Gasteiger partial charge >= 0.3 is 0 Å². The molecule has 0 saturated carbocycles. The van der Waals surface area contributed by atoms with E-state index < -0.39 is 0 Å². The summed E-state index contributed by atoms with van der Waals surface area (Å²) in [6.07, 6.45) is 5.38. The first-order chi connectivity index (χ1) is 9.79. The van der Waals surface area contributed by atoms with Gasteiger partial charge in [0.05, 0.1) is 0 Å². The fraction of sp³-hybridized carbons (Fsp3) is 0.667. The minimum Gasteiger partial charge on any atom is -0.397 e. The summed E-state index contributed by atoms with van der Waals surface area (Å²) in [6, 6.07) is 8.80. The minimum absolute atomic E-state index is 0.250. The minimum atomic E-state index is 0.250. The Morgan fingerprint density at radius 1 is 0.750 bits per heavy atom. The molecule has 0 bridgehead atoms. The molecule has 2 rings (SSSR count). The van der Waals surface area contributed by atoms with Crippen molar-refractivity contribution in [1.82, 2.24) is 0 Å². The third-order valence-corrected chi connectivity index (χ3v) is 2.26. The molecule has 0 spiro atoms. The summed E-state index contributed by atoms with van der Waals surface area (Å²) >= 11 is 0. The standard InChI is InChI=1S/C10H12.2C2H6O.2C2H6/c1-2-6-10-8-4-3-7-9(10)5-1;2*1-2-3;2*1-2/h1-2,5-6H,3-4,7-8H2;2*3H,2H2,1H3;2*1-2H3. The molecule has 2 nitrogen and oxygen atoms in total. The van der Waals surface area contributed by atoms with Gasteiger partial charge in [-0.2, -0.15) is 0 Å². The number of hydrogen-bond acceptors (Lipinski definition) is 2. The van der Waals surface area contributed by atoms with Crippen molar-refractivity contribution in [3.8, 4) is 0 Å². The molecule has 1 aromatic rings. The summed E-state index contributed by atoms with van der Waals surface area (Å²) in [5.74, 6) is 0. The Hall–Kier alpha value is -0.860. The van der Waals surface area contributed by atoms with Crippen LogP contribution in [0.4, 0.5) is 0 Å². The Balaban J connectivity index is -0.000000246. The fourth-order valence-electron chi connectivity index (χ4n) is 1.68. The normalized spacial score (nSPS) is 10.6. The molecule has 0 amide bonds. The zero-order valence-corrected chi connectivity index (χ0v) is 14.4. The van der Waals surface area contributed by atoms with Crippen molar-refractivity contribution in [3.63, 3.8) is 0 Å². The van der Waals surface area contributed by atoms with Crippen molar-refractivity contribution in [2.45, 2.75) is 67.2 Å². The molecule has 20 heavy (non-hydrogen) atoms. The molecule has 1 aromatic carbocycles. The third-order valence-electron chi connectivity index (χ3n) is 2.26. The van der Waals surface area contributed by atoms with Gasteiger partial charge in [0.2, 0.25) is 0 Å². The van der Waals surface area contributed by atoms with Crippen molar-refractivity contribution < 1.29 is 10.2 Å². The number of hydrogen-bond donors (Lipinski definition) is 2. The molecule has 1 aliphatic carbocycles. The van der Waals surface area contributed by atoms with Crippen molar-refractivity contribution in [2.75, 3.05) is 13.2 Å². The van der Waals surface area contributed by atoms with Crippen LogP contribution >= 0.6 is 0 Å². The molecule has 120 valence electrons. The smallest absolute Gasteiger partial charge is 0.0402 e. The van der Waals surface area contributed by atoms with E-state index in [1.165, 1.54) is 25.7 Å². The SMILES string of the molecule is CC.CC.CCO.CCO.c1ccc2c(c1)CCCC2. The molecule has 2 heteroatoms. The van der Waals surface area contributed by atoms with Crippen LogP contribution in [0.2, 0.25) is 0 Å². The first kappa shape index (κ1) is 24.2. The lowest BCUT2D eigenvalue weighted by Crippen LogP contribution is -2.00. The first-order valence-corrected chi connectivity index (χ1v) is 8.08. The van der Waals surface area contributed by atoms with Gasteiger partial charge in [-0.15, -0.1) is 0 Å². The van der Waals surface area contributed by atoms with E-state index in [1.807, 2.05) is 27.7 Å². The van der Waals surface area contributed by atoms with Gasteiger partial charge in [0.25, 0.3) is 0 Å². The quantitative estimate of drug-likeness (QED) is 0.730. The van der Waals surface area contributed by atoms with Crippen LogP contribution in [0.5, 0.6) is 0 Å². The number of aliphatic hydroxyl groups excluding tert-OH is 2. The van der Waals surface area contributed by atoms with E-state index in [4.69, 9.17) is 10.2 Å². The molecular weight excluding hydrogens is 248 g/mol. The number of aryl methyl sites for hydroxylation is 2. The van der Waals surface area contributed by atoms with Gasteiger partial charge < -0.3 is 10.2 Å². The van der Waals surface area contributed by atoms with E-state index in [2.05, 4.69) is 24.3 Å². The maximum Gasteiger partial charge on any atom is 0.0402 e. The zero-order chi connectivity index (χ0) is 16.2. The summed E-state index contributed by atoms with van der Waals surface area (Å²) in [5, 5.41) is 15.1. The summed E-state index contributed by atoms with van der Waals surface area (Å²) in [6.45, 7) is 11.9. The molecule has 0 unspecified atom stereocenters. The molecule has 0 aliphatic heterocycles. The molecule has 1 aliphatic rings. The Kier molecular flexibility index (Phi) is 28.1. The first-order valence-electron chi connectivity index (χ1n) is 8.08. The van der Waals surface area contributed by atoms with E-state index in [0.717, 1.165) is 0 Å². The predicted molar refractivity (Wildman–Crippen MR) is 91.3 cm³/mol. The number of fused-ring (bicyclic) bond motifs is 1. The lowest BCUT2D eigenvalue weighted by atomic mass is 9.92. The Morgan fingerprint density at radius 3 is 1.25 bits per heavy atom.